The van der Waals surface area contributed by atoms with Crippen LogP contribution >= 0.6 is 27.3 Å². The molecular weight excluding hydrogens is 250 g/mol. The predicted molar refractivity (Wildman–Crippen MR) is 56.6 cm³/mol. The van der Waals surface area contributed by atoms with Crippen LogP contribution in [0.1, 0.15) is 16.7 Å². The molecule has 2 heterocycles. The van der Waals surface area contributed by atoms with Gasteiger partial charge in [-0.1, -0.05) is 0 Å². The number of nitrogens with one attached hydrogen (secondary N) is 1. The Morgan fingerprint density at radius 1 is 1.62 bits per heavy atom. The van der Waals surface area contributed by atoms with E-state index in [1.165, 1.54) is 0 Å². The van der Waals surface area contributed by atoms with Gasteiger partial charge < -0.3 is 10.7 Å². The van der Waals surface area contributed by atoms with Crippen LogP contribution in [0.4, 0.5) is 0 Å². The molecule has 2 aromatic rings. The van der Waals surface area contributed by atoms with Gasteiger partial charge in [0.05, 0.1) is 6.04 Å². The molecule has 68 valence electrons. The SMILES string of the molecule is NC(c1ncc[nH]1)c1sccc1Br. The van der Waals surface area contributed by atoms with E-state index in [0.717, 1.165) is 15.2 Å². The summed E-state index contributed by atoms with van der Waals surface area (Å²) in [4.78, 5) is 8.21. The second kappa shape index (κ2) is 3.61. The van der Waals surface area contributed by atoms with E-state index < -0.39 is 0 Å². The van der Waals surface area contributed by atoms with Crippen molar-refractivity contribution < 1.29 is 0 Å². The molecule has 3 N–H and O–H groups in total. The van der Waals surface area contributed by atoms with Crippen molar-refractivity contribution >= 4 is 27.3 Å². The summed E-state index contributed by atoms with van der Waals surface area (Å²) in [5.74, 6) is 0.795. The minimum absolute atomic E-state index is 0.163. The van der Waals surface area contributed by atoms with Gasteiger partial charge in [-0.15, -0.1) is 11.3 Å². The third-order valence-corrected chi connectivity index (χ3v) is 3.70. The van der Waals surface area contributed by atoms with Crippen LogP contribution in [0.25, 0.3) is 0 Å². The molecular formula is C8H8BrN3S. The Bertz CT molecular complexity index is 382. The zero-order valence-corrected chi connectivity index (χ0v) is 9.10. The Balaban J connectivity index is 2.33. The quantitative estimate of drug-likeness (QED) is 0.868. The van der Waals surface area contributed by atoms with Gasteiger partial charge in [0.25, 0.3) is 0 Å². The summed E-state index contributed by atoms with van der Waals surface area (Å²) < 4.78 is 1.04. The average Bonchev–Trinajstić information content (AvgIpc) is 2.72. The summed E-state index contributed by atoms with van der Waals surface area (Å²) in [5.41, 5.74) is 5.99. The third-order valence-electron chi connectivity index (χ3n) is 1.74. The largest absolute Gasteiger partial charge is 0.347 e. The predicted octanol–water partition coefficient (Wildman–Crippen LogP) is 2.28. The Morgan fingerprint density at radius 3 is 3.00 bits per heavy atom. The molecule has 1 atom stereocenters. The van der Waals surface area contributed by atoms with E-state index in [-0.39, 0.29) is 6.04 Å². The van der Waals surface area contributed by atoms with E-state index in [0.29, 0.717) is 0 Å². The molecule has 1 unspecified atom stereocenters. The number of imidazole rings is 1. The average molecular weight is 258 g/mol. The summed E-state index contributed by atoms with van der Waals surface area (Å²) in [6, 6.07) is 1.83. The van der Waals surface area contributed by atoms with Gasteiger partial charge in [0.2, 0.25) is 0 Å². The van der Waals surface area contributed by atoms with Crippen molar-refractivity contribution in [2.75, 3.05) is 0 Å². The van der Waals surface area contributed by atoms with E-state index in [4.69, 9.17) is 5.73 Å². The lowest BCUT2D eigenvalue weighted by molar-refractivity contribution is 0.814. The molecule has 0 aliphatic rings. The van der Waals surface area contributed by atoms with Crippen LogP contribution in [0.2, 0.25) is 0 Å². The van der Waals surface area contributed by atoms with Crippen molar-refractivity contribution in [3.05, 3.63) is 39.0 Å². The first-order valence-corrected chi connectivity index (χ1v) is 5.44. The number of thiophene rings is 1. The van der Waals surface area contributed by atoms with Gasteiger partial charge in [-0.05, 0) is 27.4 Å². The van der Waals surface area contributed by atoms with Crippen molar-refractivity contribution in [2.24, 2.45) is 5.73 Å². The summed E-state index contributed by atoms with van der Waals surface area (Å²) in [6.45, 7) is 0. The van der Waals surface area contributed by atoms with Crippen LogP contribution < -0.4 is 5.73 Å². The molecule has 0 saturated carbocycles. The fourth-order valence-electron chi connectivity index (χ4n) is 1.10. The lowest BCUT2D eigenvalue weighted by Gasteiger charge is -2.06. The summed E-state index contributed by atoms with van der Waals surface area (Å²) in [7, 11) is 0. The minimum Gasteiger partial charge on any atom is -0.347 e. The molecule has 13 heavy (non-hydrogen) atoms. The highest BCUT2D eigenvalue weighted by molar-refractivity contribution is 9.10. The zero-order chi connectivity index (χ0) is 9.26. The molecule has 2 rings (SSSR count). The van der Waals surface area contributed by atoms with Gasteiger partial charge >= 0.3 is 0 Å². The fraction of sp³-hybridized carbons (Fsp3) is 0.125. The molecule has 0 aliphatic heterocycles. The highest BCUT2D eigenvalue weighted by Crippen LogP contribution is 2.29. The third kappa shape index (κ3) is 1.67. The lowest BCUT2D eigenvalue weighted by Crippen LogP contribution is -2.12. The van der Waals surface area contributed by atoms with E-state index >= 15 is 0 Å². The maximum atomic E-state index is 5.99. The Hall–Kier alpha value is -0.650. The van der Waals surface area contributed by atoms with E-state index in [1.54, 1.807) is 23.7 Å². The second-order valence-electron chi connectivity index (χ2n) is 2.58. The van der Waals surface area contributed by atoms with Gasteiger partial charge in [-0.25, -0.2) is 4.98 Å². The monoisotopic (exact) mass is 257 g/mol. The number of aromatic amines is 1. The summed E-state index contributed by atoms with van der Waals surface area (Å²) in [6.07, 6.45) is 3.48. The highest BCUT2D eigenvalue weighted by atomic mass is 79.9. The van der Waals surface area contributed by atoms with Crippen molar-refractivity contribution in [3.8, 4) is 0 Å². The Kier molecular flexibility index (Phi) is 2.48. The first-order chi connectivity index (χ1) is 6.29. The number of hydrogen-bond donors (Lipinski definition) is 2. The first-order valence-electron chi connectivity index (χ1n) is 3.77. The van der Waals surface area contributed by atoms with Crippen LogP contribution in [0.3, 0.4) is 0 Å². The van der Waals surface area contributed by atoms with E-state index in [1.807, 2.05) is 11.4 Å². The first kappa shape index (κ1) is 8.93. The summed E-state index contributed by atoms with van der Waals surface area (Å²) >= 11 is 5.07. The van der Waals surface area contributed by atoms with Crippen molar-refractivity contribution in [3.63, 3.8) is 0 Å². The number of hydrogen-bond acceptors (Lipinski definition) is 3. The molecule has 0 bridgehead atoms. The normalized spacial score (nSPS) is 13.1. The highest BCUT2D eigenvalue weighted by Gasteiger charge is 2.14. The Morgan fingerprint density at radius 2 is 2.46 bits per heavy atom. The lowest BCUT2D eigenvalue weighted by atomic mass is 10.2. The molecule has 0 radical (unpaired) electrons. The number of nitrogens with two attached hydrogens (primary N) is 1. The van der Waals surface area contributed by atoms with Crippen LogP contribution in [0, 0.1) is 0 Å². The molecule has 0 aromatic carbocycles. The standard InChI is InChI=1S/C8H8BrN3S/c9-5-1-4-13-7(5)6(10)8-11-2-3-12-8/h1-4,6H,10H2,(H,11,12). The molecule has 0 amide bonds. The van der Waals surface area contributed by atoms with E-state index in [9.17, 15) is 0 Å². The van der Waals surface area contributed by atoms with Crippen LogP contribution in [-0.4, -0.2) is 9.97 Å². The number of rotatable bonds is 2. The van der Waals surface area contributed by atoms with Crippen LogP contribution in [0.5, 0.6) is 0 Å². The molecule has 0 fully saturated rings. The number of halogens is 1. The smallest absolute Gasteiger partial charge is 0.128 e. The van der Waals surface area contributed by atoms with Crippen molar-refractivity contribution in [1.82, 2.24) is 9.97 Å². The number of H-pyrrole nitrogens is 1. The minimum atomic E-state index is -0.163. The van der Waals surface area contributed by atoms with Crippen LogP contribution in [-0.2, 0) is 0 Å². The van der Waals surface area contributed by atoms with Crippen molar-refractivity contribution in [2.45, 2.75) is 6.04 Å². The molecule has 0 saturated heterocycles. The van der Waals surface area contributed by atoms with Crippen LogP contribution in [0.15, 0.2) is 28.3 Å². The molecule has 5 heteroatoms. The van der Waals surface area contributed by atoms with Gasteiger partial charge in [-0.2, -0.15) is 0 Å². The van der Waals surface area contributed by atoms with Gasteiger partial charge in [0.1, 0.15) is 5.82 Å². The van der Waals surface area contributed by atoms with E-state index in [2.05, 4.69) is 25.9 Å². The molecule has 2 aromatic heterocycles. The molecule has 0 aliphatic carbocycles. The maximum Gasteiger partial charge on any atom is 0.128 e. The number of nitrogens with zero attached hydrogens (tertiary/aromatic N) is 1. The zero-order valence-electron chi connectivity index (χ0n) is 6.70. The van der Waals surface area contributed by atoms with Gasteiger partial charge in [-0.3, -0.25) is 0 Å². The molecule has 0 spiro atoms. The van der Waals surface area contributed by atoms with Gasteiger partial charge in [0, 0.05) is 21.7 Å². The maximum absolute atomic E-state index is 5.99. The molecule has 3 nitrogen and oxygen atoms in total. The Labute approximate surface area is 88.1 Å². The second-order valence-corrected chi connectivity index (χ2v) is 4.39. The fourth-order valence-corrected chi connectivity index (χ4v) is 2.72. The van der Waals surface area contributed by atoms with Crippen molar-refractivity contribution in [1.29, 1.82) is 0 Å². The number of aromatic nitrogens is 2. The van der Waals surface area contributed by atoms with Gasteiger partial charge in [0.15, 0.2) is 0 Å². The topological polar surface area (TPSA) is 54.7 Å². The summed E-state index contributed by atoms with van der Waals surface area (Å²) in [5, 5.41) is 2.00.